The molecular weight excluding hydrogens is 248 g/mol. The molecule has 0 bridgehead atoms. The van der Waals surface area contributed by atoms with Crippen LogP contribution in [0.4, 0.5) is 0 Å². The Labute approximate surface area is 110 Å². The van der Waals surface area contributed by atoms with Crippen LogP contribution in [0, 0.1) is 0 Å². The van der Waals surface area contributed by atoms with Crippen molar-refractivity contribution in [2.24, 2.45) is 0 Å². The number of hydrogen-bond acceptors (Lipinski definition) is 6. The van der Waals surface area contributed by atoms with Crippen molar-refractivity contribution in [3.63, 3.8) is 0 Å². The minimum absolute atomic E-state index is 0.155. The number of hydrogen-bond donors (Lipinski definition) is 0. The summed E-state index contributed by atoms with van der Waals surface area (Å²) in [5.74, 6) is 2.03. The van der Waals surface area contributed by atoms with E-state index in [1.807, 2.05) is 6.92 Å². The van der Waals surface area contributed by atoms with Crippen LogP contribution in [0.1, 0.15) is 29.0 Å². The normalized spacial score (nSPS) is 10.2. The van der Waals surface area contributed by atoms with Gasteiger partial charge in [0.2, 0.25) is 11.7 Å². The van der Waals surface area contributed by atoms with Gasteiger partial charge in [-0.05, 0) is 18.2 Å². The highest BCUT2D eigenvalue weighted by Crippen LogP contribution is 2.28. The van der Waals surface area contributed by atoms with Gasteiger partial charge >= 0.3 is 0 Å². The van der Waals surface area contributed by atoms with Crippen molar-refractivity contribution in [2.45, 2.75) is 20.0 Å². The molecule has 19 heavy (non-hydrogen) atoms. The summed E-state index contributed by atoms with van der Waals surface area (Å²) < 4.78 is 15.7. The molecule has 0 aliphatic heterocycles. The lowest BCUT2D eigenvalue weighted by molar-refractivity contribution is 0.112. The Hall–Kier alpha value is -2.37. The molecule has 6 heteroatoms. The van der Waals surface area contributed by atoms with Crippen molar-refractivity contribution >= 4 is 6.29 Å². The van der Waals surface area contributed by atoms with Crippen LogP contribution < -0.4 is 9.47 Å². The summed E-state index contributed by atoms with van der Waals surface area (Å²) in [5, 5.41) is 3.78. The summed E-state index contributed by atoms with van der Waals surface area (Å²) >= 11 is 0. The Morgan fingerprint density at radius 3 is 2.84 bits per heavy atom. The first-order valence-corrected chi connectivity index (χ1v) is 5.84. The molecule has 0 fully saturated rings. The van der Waals surface area contributed by atoms with Gasteiger partial charge in [-0.25, -0.2) is 0 Å². The third kappa shape index (κ3) is 3.09. The molecule has 0 amide bonds. The largest absolute Gasteiger partial charge is 0.493 e. The molecule has 6 nitrogen and oxygen atoms in total. The number of carbonyl (C=O) groups excluding carboxylic acids is 1. The smallest absolute Gasteiger partial charge is 0.226 e. The maximum atomic E-state index is 10.7. The maximum absolute atomic E-state index is 10.7. The van der Waals surface area contributed by atoms with Gasteiger partial charge in [-0.3, -0.25) is 4.79 Å². The maximum Gasteiger partial charge on any atom is 0.226 e. The van der Waals surface area contributed by atoms with E-state index in [2.05, 4.69) is 10.1 Å². The average molecular weight is 262 g/mol. The first-order valence-electron chi connectivity index (χ1n) is 5.84. The van der Waals surface area contributed by atoms with Crippen LogP contribution >= 0.6 is 0 Å². The number of carbonyl (C=O) groups is 1. The Morgan fingerprint density at radius 1 is 1.37 bits per heavy atom. The SMILES string of the molecule is CCc1nc(COc2cc(C=O)ccc2OC)no1. The third-order valence-electron chi connectivity index (χ3n) is 2.49. The zero-order chi connectivity index (χ0) is 13.7. The second-order valence-electron chi connectivity index (χ2n) is 3.77. The molecule has 0 N–H and O–H groups in total. The topological polar surface area (TPSA) is 74.5 Å². The van der Waals surface area contributed by atoms with Crippen molar-refractivity contribution < 1.29 is 18.8 Å². The Bertz CT molecular complexity index is 566. The van der Waals surface area contributed by atoms with E-state index in [4.69, 9.17) is 14.0 Å². The summed E-state index contributed by atoms with van der Waals surface area (Å²) in [5.41, 5.74) is 0.512. The summed E-state index contributed by atoms with van der Waals surface area (Å²) in [4.78, 5) is 14.9. The summed E-state index contributed by atoms with van der Waals surface area (Å²) in [6.07, 6.45) is 1.42. The molecular formula is C13H14N2O4. The molecule has 100 valence electrons. The molecule has 0 saturated heterocycles. The van der Waals surface area contributed by atoms with E-state index in [0.29, 0.717) is 35.2 Å². The van der Waals surface area contributed by atoms with Crippen LogP contribution in [0.3, 0.4) is 0 Å². The summed E-state index contributed by atoms with van der Waals surface area (Å²) in [7, 11) is 1.53. The van der Waals surface area contributed by atoms with E-state index in [-0.39, 0.29) is 6.61 Å². The fraction of sp³-hybridized carbons (Fsp3) is 0.308. The molecule has 1 aromatic heterocycles. The molecule has 0 aliphatic carbocycles. The lowest BCUT2D eigenvalue weighted by atomic mass is 10.2. The Balaban J connectivity index is 2.11. The van der Waals surface area contributed by atoms with E-state index >= 15 is 0 Å². The lowest BCUT2D eigenvalue weighted by Gasteiger charge is -2.09. The van der Waals surface area contributed by atoms with Crippen LogP contribution in [-0.4, -0.2) is 23.5 Å². The van der Waals surface area contributed by atoms with Crippen molar-refractivity contribution in [1.82, 2.24) is 10.1 Å². The van der Waals surface area contributed by atoms with Gasteiger partial charge in [0.05, 0.1) is 7.11 Å². The third-order valence-corrected chi connectivity index (χ3v) is 2.49. The number of aromatic nitrogens is 2. The first kappa shape index (κ1) is 13.1. The van der Waals surface area contributed by atoms with Crippen LogP contribution in [0.15, 0.2) is 22.7 Å². The monoisotopic (exact) mass is 262 g/mol. The van der Waals surface area contributed by atoms with Gasteiger partial charge in [-0.1, -0.05) is 12.1 Å². The van der Waals surface area contributed by atoms with E-state index < -0.39 is 0 Å². The van der Waals surface area contributed by atoms with Crippen LogP contribution in [0.5, 0.6) is 11.5 Å². The van der Waals surface area contributed by atoms with Crippen molar-refractivity contribution in [2.75, 3.05) is 7.11 Å². The number of ether oxygens (including phenoxy) is 2. The molecule has 0 saturated carbocycles. The fourth-order valence-electron chi connectivity index (χ4n) is 1.51. The van der Waals surface area contributed by atoms with E-state index in [1.54, 1.807) is 18.2 Å². The van der Waals surface area contributed by atoms with Gasteiger partial charge in [-0.15, -0.1) is 0 Å². The highest BCUT2D eigenvalue weighted by molar-refractivity contribution is 5.76. The fourth-order valence-corrected chi connectivity index (χ4v) is 1.51. The molecule has 1 heterocycles. The highest BCUT2D eigenvalue weighted by Gasteiger charge is 2.09. The summed E-state index contributed by atoms with van der Waals surface area (Å²) in [6.45, 7) is 2.08. The minimum atomic E-state index is 0.155. The lowest BCUT2D eigenvalue weighted by Crippen LogP contribution is -2.00. The number of aryl methyl sites for hydroxylation is 1. The average Bonchev–Trinajstić information content (AvgIpc) is 2.92. The van der Waals surface area contributed by atoms with Gasteiger partial charge in [0.25, 0.3) is 0 Å². The predicted molar refractivity (Wildman–Crippen MR) is 66.4 cm³/mol. The quantitative estimate of drug-likeness (QED) is 0.741. The molecule has 0 radical (unpaired) electrons. The highest BCUT2D eigenvalue weighted by atomic mass is 16.5. The van der Waals surface area contributed by atoms with Gasteiger partial charge in [0.15, 0.2) is 18.1 Å². The molecule has 0 unspecified atom stereocenters. The number of benzene rings is 1. The number of methoxy groups -OCH3 is 1. The standard InChI is InChI=1S/C13H14N2O4/c1-3-13-14-12(15-19-13)8-18-11-6-9(7-16)4-5-10(11)17-2/h4-7H,3,8H2,1-2H3. The van der Waals surface area contributed by atoms with E-state index in [0.717, 1.165) is 6.29 Å². The molecule has 1 aromatic carbocycles. The zero-order valence-electron chi connectivity index (χ0n) is 10.8. The number of rotatable bonds is 6. The summed E-state index contributed by atoms with van der Waals surface area (Å²) in [6, 6.07) is 4.93. The molecule has 0 spiro atoms. The van der Waals surface area contributed by atoms with Gasteiger partial charge in [0, 0.05) is 12.0 Å². The van der Waals surface area contributed by atoms with E-state index in [9.17, 15) is 4.79 Å². The Morgan fingerprint density at radius 2 is 2.21 bits per heavy atom. The minimum Gasteiger partial charge on any atom is -0.493 e. The molecule has 0 aliphatic rings. The van der Waals surface area contributed by atoms with Crippen LogP contribution in [0.2, 0.25) is 0 Å². The molecule has 0 atom stereocenters. The van der Waals surface area contributed by atoms with E-state index in [1.165, 1.54) is 7.11 Å². The van der Waals surface area contributed by atoms with Crippen molar-refractivity contribution in [1.29, 1.82) is 0 Å². The molecule has 2 rings (SSSR count). The Kier molecular flexibility index (Phi) is 4.12. The van der Waals surface area contributed by atoms with Crippen LogP contribution in [0.25, 0.3) is 0 Å². The van der Waals surface area contributed by atoms with Gasteiger partial charge in [0.1, 0.15) is 6.29 Å². The zero-order valence-corrected chi connectivity index (χ0v) is 10.8. The van der Waals surface area contributed by atoms with Gasteiger partial charge < -0.3 is 14.0 Å². The van der Waals surface area contributed by atoms with Crippen molar-refractivity contribution in [3.05, 3.63) is 35.5 Å². The second-order valence-corrected chi connectivity index (χ2v) is 3.77. The van der Waals surface area contributed by atoms with Gasteiger partial charge in [-0.2, -0.15) is 4.98 Å². The second kappa shape index (κ2) is 5.99. The van der Waals surface area contributed by atoms with Crippen LogP contribution in [-0.2, 0) is 13.0 Å². The predicted octanol–water partition coefficient (Wildman–Crippen LogP) is 2.03. The number of nitrogens with zero attached hydrogens (tertiary/aromatic N) is 2. The molecule has 2 aromatic rings. The number of aldehydes is 1. The first-order chi connectivity index (χ1) is 9.26. The van der Waals surface area contributed by atoms with Crippen molar-refractivity contribution in [3.8, 4) is 11.5 Å².